The molecule has 226 valence electrons. The van der Waals surface area contributed by atoms with Gasteiger partial charge in [0.1, 0.15) is 6.61 Å². The summed E-state index contributed by atoms with van der Waals surface area (Å²) in [6, 6.07) is 20.1. The van der Waals surface area contributed by atoms with Crippen molar-refractivity contribution in [3.05, 3.63) is 101 Å². The summed E-state index contributed by atoms with van der Waals surface area (Å²) >= 11 is 0. The van der Waals surface area contributed by atoms with Crippen LogP contribution in [0.15, 0.2) is 84.1 Å². The first-order valence-electron chi connectivity index (χ1n) is 15.2. The van der Waals surface area contributed by atoms with Gasteiger partial charge in [0.25, 0.3) is 0 Å². The van der Waals surface area contributed by atoms with Gasteiger partial charge in [0.15, 0.2) is 11.5 Å². The minimum Gasteiger partial charge on any atom is -0.493 e. The molecule has 7 rings (SSSR count). The number of aliphatic hydroxyl groups is 1. The average Bonchev–Trinajstić information content (AvgIpc) is 3.58. The Kier molecular flexibility index (Phi) is 7.17. The molecule has 0 fully saturated rings. The second-order valence-electron chi connectivity index (χ2n) is 11.9. The Labute approximate surface area is 256 Å². The molecule has 3 aromatic rings. The summed E-state index contributed by atoms with van der Waals surface area (Å²) in [5, 5.41) is 12.9. The molecule has 0 unspecified atom stereocenters. The van der Waals surface area contributed by atoms with Crippen LogP contribution in [0.4, 0.5) is 10.5 Å². The molecule has 0 aromatic heterocycles. The predicted octanol–water partition coefficient (Wildman–Crippen LogP) is 6.37. The number of methoxy groups -OCH3 is 2. The first-order valence-corrected chi connectivity index (χ1v) is 15.2. The molecule has 2 atom stereocenters. The fourth-order valence-corrected chi connectivity index (χ4v) is 7.83. The van der Waals surface area contributed by atoms with Crippen molar-refractivity contribution in [1.82, 2.24) is 4.90 Å². The summed E-state index contributed by atoms with van der Waals surface area (Å²) in [4.78, 5) is 28.9. The van der Waals surface area contributed by atoms with Gasteiger partial charge in [-0.3, -0.25) is 10.1 Å². The molecular formula is C36H36N2O6. The third kappa shape index (κ3) is 4.47. The van der Waals surface area contributed by atoms with Crippen molar-refractivity contribution in [1.29, 1.82) is 0 Å². The van der Waals surface area contributed by atoms with Crippen molar-refractivity contribution in [3.8, 4) is 22.6 Å². The lowest BCUT2D eigenvalue weighted by Crippen LogP contribution is -2.43. The van der Waals surface area contributed by atoms with E-state index in [1.165, 1.54) is 5.57 Å². The summed E-state index contributed by atoms with van der Waals surface area (Å²) in [6.45, 7) is 0.762. The number of nitrogens with zero attached hydrogens (tertiary/aromatic N) is 1. The molecule has 0 saturated carbocycles. The zero-order valence-corrected chi connectivity index (χ0v) is 25.0. The van der Waals surface area contributed by atoms with E-state index in [1.54, 1.807) is 20.3 Å². The highest BCUT2D eigenvalue weighted by atomic mass is 16.5. The van der Waals surface area contributed by atoms with Gasteiger partial charge in [-0.15, -0.1) is 0 Å². The van der Waals surface area contributed by atoms with Crippen molar-refractivity contribution >= 4 is 17.7 Å². The predicted molar refractivity (Wildman–Crippen MR) is 167 cm³/mol. The minimum absolute atomic E-state index is 0.0317. The van der Waals surface area contributed by atoms with Crippen LogP contribution in [0, 0.1) is 5.41 Å². The van der Waals surface area contributed by atoms with Crippen LogP contribution in [0.1, 0.15) is 54.2 Å². The lowest BCUT2D eigenvalue weighted by molar-refractivity contribution is -0.130. The van der Waals surface area contributed by atoms with E-state index in [-0.39, 0.29) is 42.8 Å². The van der Waals surface area contributed by atoms with Gasteiger partial charge in [-0.05, 0) is 58.7 Å². The summed E-state index contributed by atoms with van der Waals surface area (Å²) in [5.41, 5.74) is 7.73. The van der Waals surface area contributed by atoms with Crippen LogP contribution in [-0.4, -0.2) is 56.0 Å². The molecule has 2 aliphatic carbocycles. The average molecular weight is 593 g/mol. The van der Waals surface area contributed by atoms with Crippen molar-refractivity contribution in [2.45, 2.75) is 37.5 Å². The maximum Gasteiger partial charge on any atom is 0.411 e. The molecule has 2 amide bonds. The van der Waals surface area contributed by atoms with E-state index in [1.807, 2.05) is 41.3 Å². The van der Waals surface area contributed by atoms with E-state index < -0.39 is 6.09 Å². The zero-order valence-electron chi connectivity index (χ0n) is 25.0. The van der Waals surface area contributed by atoms with Crippen LogP contribution in [0.2, 0.25) is 0 Å². The summed E-state index contributed by atoms with van der Waals surface area (Å²) in [7, 11) is 3.12. The van der Waals surface area contributed by atoms with E-state index in [4.69, 9.17) is 14.2 Å². The number of carbonyl (C=O) groups excluding carboxylic acids is 2. The Morgan fingerprint density at radius 3 is 2.36 bits per heavy atom. The third-order valence-electron chi connectivity index (χ3n) is 9.78. The quantitative estimate of drug-likeness (QED) is 0.295. The molecule has 2 aliphatic heterocycles. The molecule has 2 N–H and O–H groups in total. The highest BCUT2D eigenvalue weighted by Gasteiger charge is 2.49. The number of benzene rings is 3. The summed E-state index contributed by atoms with van der Waals surface area (Å²) in [5.74, 6) is 0.690. The number of anilines is 1. The number of aliphatic hydroxyl groups excluding tert-OH is 1. The molecule has 8 nitrogen and oxygen atoms in total. The monoisotopic (exact) mass is 592 g/mol. The van der Waals surface area contributed by atoms with Gasteiger partial charge >= 0.3 is 6.09 Å². The van der Waals surface area contributed by atoms with Crippen molar-refractivity contribution in [3.63, 3.8) is 0 Å². The maximum absolute atomic E-state index is 13.6. The number of carbonyl (C=O) groups is 2. The lowest BCUT2D eigenvalue weighted by Gasteiger charge is -2.43. The Morgan fingerprint density at radius 2 is 1.68 bits per heavy atom. The Balaban J connectivity index is 1.21. The Morgan fingerprint density at radius 1 is 1.00 bits per heavy atom. The molecule has 4 aliphatic rings. The minimum atomic E-state index is -0.580. The summed E-state index contributed by atoms with van der Waals surface area (Å²) < 4.78 is 17.1. The van der Waals surface area contributed by atoms with Crippen LogP contribution < -0.4 is 14.8 Å². The van der Waals surface area contributed by atoms with Gasteiger partial charge in [0.05, 0.1) is 19.9 Å². The van der Waals surface area contributed by atoms with Gasteiger partial charge in [0, 0.05) is 48.6 Å². The second kappa shape index (κ2) is 11.2. The van der Waals surface area contributed by atoms with E-state index in [2.05, 4.69) is 35.7 Å². The zero-order chi connectivity index (χ0) is 30.4. The van der Waals surface area contributed by atoms with Crippen LogP contribution in [0.25, 0.3) is 11.1 Å². The van der Waals surface area contributed by atoms with Crippen LogP contribution in [0.5, 0.6) is 11.5 Å². The van der Waals surface area contributed by atoms with E-state index in [0.29, 0.717) is 30.2 Å². The number of ether oxygens (including phenoxy) is 3. The number of hydrogen-bond donors (Lipinski definition) is 2. The number of hydrogen-bond acceptors (Lipinski definition) is 6. The fraction of sp³-hybridized carbons (Fsp3) is 0.333. The number of fused-ring (bicyclic) bond motifs is 3. The van der Waals surface area contributed by atoms with E-state index >= 15 is 0 Å². The van der Waals surface area contributed by atoms with Gasteiger partial charge in [-0.1, -0.05) is 60.7 Å². The summed E-state index contributed by atoms with van der Waals surface area (Å²) in [6.07, 6.45) is 6.10. The van der Waals surface area contributed by atoms with Crippen LogP contribution in [-0.2, 0) is 9.53 Å². The SMILES string of the molecule is COc1cc(NC(=O)OCC2c3ccccc3-c3ccccc32)c([C@@H]2CC(=O)N3CC=C[C@@]4(CCO)CCC2=C34)cc1OC. The highest BCUT2D eigenvalue weighted by Crippen LogP contribution is 2.57. The normalized spacial score (nSPS) is 21.6. The highest BCUT2D eigenvalue weighted by molar-refractivity contribution is 5.89. The Bertz CT molecular complexity index is 1660. The van der Waals surface area contributed by atoms with Crippen LogP contribution in [0.3, 0.4) is 0 Å². The number of amides is 2. The standard InChI is InChI=1S/C36H36N2O6/c1-42-31-18-28(27-19-33(40)38-16-7-13-36(15-17-39)14-12-26(27)34(36)38)30(20-32(31)43-2)37-35(41)44-21-29-24-10-5-3-8-22(24)23-9-4-6-11-25(23)29/h3-11,13,18,20,27,29,39H,12,14-17,19,21H2,1-2H3,(H,37,41)/t27-,36+/m1/s1. The van der Waals surface area contributed by atoms with Crippen molar-refractivity contribution in [2.24, 2.45) is 5.41 Å². The third-order valence-corrected chi connectivity index (χ3v) is 9.78. The number of allylic oxidation sites excluding steroid dienone is 2. The smallest absolute Gasteiger partial charge is 0.411 e. The first-order chi connectivity index (χ1) is 21.5. The molecule has 0 spiro atoms. The molecule has 0 radical (unpaired) electrons. The molecule has 8 heteroatoms. The van der Waals surface area contributed by atoms with E-state index in [9.17, 15) is 14.7 Å². The molecule has 3 aromatic carbocycles. The lowest BCUT2D eigenvalue weighted by atomic mass is 9.76. The second-order valence-corrected chi connectivity index (χ2v) is 11.9. The van der Waals surface area contributed by atoms with Crippen molar-refractivity contribution < 1.29 is 28.9 Å². The maximum atomic E-state index is 13.6. The molecular weight excluding hydrogens is 556 g/mol. The van der Waals surface area contributed by atoms with Gasteiger partial charge in [-0.2, -0.15) is 0 Å². The fourth-order valence-electron chi connectivity index (χ4n) is 7.83. The molecule has 0 saturated heterocycles. The topological polar surface area (TPSA) is 97.3 Å². The number of rotatable bonds is 8. The molecule has 2 heterocycles. The largest absolute Gasteiger partial charge is 0.493 e. The molecule has 0 bridgehead atoms. The van der Waals surface area contributed by atoms with Gasteiger partial charge in [0.2, 0.25) is 5.91 Å². The van der Waals surface area contributed by atoms with E-state index in [0.717, 1.165) is 46.4 Å². The first kappa shape index (κ1) is 28.2. The van der Waals surface area contributed by atoms with Crippen LogP contribution >= 0.6 is 0 Å². The van der Waals surface area contributed by atoms with Crippen molar-refractivity contribution in [2.75, 3.05) is 39.3 Å². The number of nitrogens with one attached hydrogen (secondary N) is 1. The Hall–Kier alpha value is -4.56. The van der Waals surface area contributed by atoms with Gasteiger partial charge < -0.3 is 24.2 Å². The molecule has 44 heavy (non-hydrogen) atoms. The van der Waals surface area contributed by atoms with Gasteiger partial charge in [-0.25, -0.2) is 4.79 Å².